The van der Waals surface area contributed by atoms with Crippen molar-refractivity contribution in [3.63, 3.8) is 0 Å². The quantitative estimate of drug-likeness (QED) is 0.510. The van der Waals surface area contributed by atoms with Gasteiger partial charge in [0.2, 0.25) is 0 Å². The first-order valence-corrected chi connectivity index (χ1v) is 9.38. The molecule has 0 unspecified atom stereocenters. The number of nitrogens with one attached hydrogen (secondary N) is 2. The highest BCUT2D eigenvalue weighted by molar-refractivity contribution is 7.08. The molecule has 0 atom stereocenters. The van der Waals surface area contributed by atoms with Gasteiger partial charge in [-0.05, 0) is 52.7 Å². The van der Waals surface area contributed by atoms with E-state index in [0.717, 1.165) is 33.3 Å². The molecule has 0 saturated heterocycles. The summed E-state index contributed by atoms with van der Waals surface area (Å²) in [5.74, 6) is 0.435. The lowest BCUT2D eigenvalue weighted by Gasteiger charge is -2.05. The lowest BCUT2D eigenvalue weighted by atomic mass is 10.1. The maximum Gasteiger partial charge on any atom is 0.259 e. The van der Waals surface area contributed by atoms with Gasteiger partial charge in [-0.3, -0.25) is 9.78 Å². The third kappa shape index (κ3) is 2.86. The maximum absolute atomic E-state index is 12.4. The van der Waals surface area contributed by atoms with Crippen molar-refractivity contribution in [1.29, 1.82) is 0 Å². The van der Waals surface area contributed by atoms with Crippen molar-refractivity contribution in [2.75, 3.05) is 10.6 Å². The second kappa shape index (κ2) is 6.34. The van der Waals surface area contributed by atoms with Gasteiger partial charge in [0, 0.05) is 40.8 Å². The minimum Gasteiger partial charge on any atom is -0.361 e. The van der Waals surface area contributed by atoms with E-state index in [4.69, 9.17) is 0 Å². The molecule has 27 heavy (non-hydrogen) atoms. The Morgan fingerprint density at radius 2 is 2.04 bits per heavy atom. The van der Waals surface area contributed by atoms with Crippen LogP contribution < -0.4 is 10.6 Å². The molecule has 1 aliphatic rings. The van der Waals surface area contributed by atoms with E-state index in [1.165, 1.54) is 0 Å². The zero-order valence-corrected chi connectivity index (χ0v) is 15.0. The highest BCUT2D eigenvalue weighted by atomic mass is 32.1. The maximum atomic E-state index is 12.4. The summed E-state index contributed by atoms with van der Waals surface area (Å²) < 4.78 is 0. The van der Waals surface area contributed by atoms with Crippen LogP contribution in [0.15, 0.2) is 71.8 Å². The number of carbonyl (C=O) groups is 1. The Hall–Kier alpha value is -3.51. The molecular weight excluding hydrogens is 356 g/mol. The number of thiophene rings is 1. The normalized spacial score (nSPS) is 14.4. The molecule has 1 aliphatic heterocycles. The molecule has 0 spiro atoms. The second-order valence-corrected chi connectivity index (χ2v) is 6.98. The van der Waals surface area contributed by atoms with E-state index in [-0.39, 0.29) is 5.91 Å². The van der Waals surface area contributed by atoms with Crippen LogP contribution in [-0.4, -0.2) is 15.9 Å². The zero-order chi connectivity index (χ0) is 18.2. The lowest BCUT2D eigenvalue weighted by Crippen LogP contribution is -2.05. The van der Waals surface area contributed by atoms with E-state index in [0.29, 0.717) is 11.4 Å². The van der Waals surface area contributed by atoms with Crippen LogP contribution in [0.3, 0.4) is 0 Å². The van der Waals surface area contributed by atoms with Gasteiger partial charge in [-0.1, -0.05) is 6.07 Å². The van der Waals surface area contributed by atoms with E-state index in [9.17, 15) is 4.79 Å². The molecule has 130 valence electrons. The molecule has 2 N–H and O–H groups in total. The molecule has 1 amide bonds. The lowest BCUT2D eigenvalue weighted by molar-refractivity contribution is -0.110. The number of hydrogen-bond acceptors (Lipinski definition) is 5. The summed E-state index contributed by atoms with van der Waals surface area (Å²) in [5.41, 5.74) is 5.30. The third-order valence-electron chi connectivity index (χ3n) is 4.50. The number of carbonyl (C=O) groups excluding carboxylic acids is 1. The second-order valence-electron chi connectivity index (χ2n) is 6.20. The van der Waals surface area contributed by atoms with Gasteiger partial charge in [-0.25, -0.2) is 4.98 Å². The number of pyridine rings is 2. The van der Waals surface area contributed by atoms with E-state index in [1.54, 1.807) is 29.9 Å². The molecule has 0 fully saturated rings. The number of hydrogen-bond donors (Lipinski definition) is 2. The summed E-state index contributed by atoms with van der Waals surface area (Å²) in [7, 11) is 0. The first-order chi connectivity index (χ1) is 13.3. The molecule has 3 aromatic heterocycles. The summed E-state index contributed by atoms with van der Waals surface area (Å²) in [4.78, 5) is 21.1. The van der Waals surface area contributed by atoms with Crippen molar-refractivity contribution in [2.24, 2.45) is 0 Å². The minimum atomic E-state index is -0.157. The first kappa shape index (κ1) is 15.7. The van der Waals surface area contributed by atoms with Crippen LogP contribution in [0.1, 0.15) is 5.56 Å². The zero-order valence-electron chi connectivity index (χ0n) is 14.1. The van der Waals surface area contributed by atoms with Crippen molar-refractivity contribution in [2.45, 2.75) is 0 Å². The molecule has 0 bridgehead atoms. The van der Waals surface area contributed by atoms with Crippen LogP contribution in [0, 0.1) is 0 Å². The number of amides is 1. The van der Waals surface area contributed by atoms with Crippen LogP contribution >= 0.6 is 11.3 Å². The van der Waals surface area contributed by atoms with Gasteiger partial charge < -0.3 is 10.6 Å². The number of nitrogens with zero attached hydrogens (tertiary/aromatic N) is 2. The van der Waals surface area contributed by atoms with E-state index < -0.39 is 0 Å². The Balaban J connectivity index is 1.49. The molecule has 4 aromatic rings. The largest absolute Gasteiger partial charge is 0.361 e. The Morgan fingerprint density at radius 1 is 1.07 bits per heavy atom. The van der Waals surface area contributed by atoms with Crippen LogP contribution in [0.2, 0.25) is 0 Å². The van der Waals surface area contributed by atoms with Gasteiger partial charge in [0.1, 0.15) is 5.82 Å². The van der Waals surface area contributed by atoms with Crippen molar-refractivity contribution >= 4 is 45.2 Å². The van der Waals surface area contributed by atoms with Crippen LogP contribution in [-0.2, 0) is 4.79 Å². The van der Waals surface area contributed by atoms with E-state index in [2.05, 4.69) is 26.0 Å². The van der Waals surface area contributed by atoms with Crippen molar-refractivity contribution < 1.29 is 4.79 Å². The Bertz CT molecular complexity index is 1200. The summed E-state index contributed by atoms with van der Waals surface area (Å²) in [5, 5.41) is 11.2. The molecule has 0 aliphatic carbocycles. The van der Waals surface area contributed by atoms with E-state index >= 15 is 0 Å². The van der Waals surface area contributed by atoms with Crippen LogP contribution in [0.4, 0.5) is 11.5 Å². The summed E-state index contributed by atoms with van der Waals surface area (Å²) in [6, 6.07) is 13.9. The fourth-order valence-corrected chi connectivity index (χ4v) is 3.78. The number of benzene rings is 1. The van der Waals surface area contributed by atoms with Crippen molar-refractivity contribution in [3.05, 3.63) is 77.4 Å². The minimum absolute atomic E-state index is 0.157. The molecule has 0 saturated carbocycles. The van der Waals surface area contributed by atoms with Gasteiger partial charge in [0.05, 0.1) is 11.1 Å². The third-order valence-corrected chi connectivity index (χ3v) is 5.18. The SMILES string of the molecule is O=C1Nc2ncc(-c3ccsc3)cc2C1=CNc1ccc2ncccc2c1. The Labute approximate surface area is 159 Å². The standard InChI is InChI=1S/C21H14N4OS/c26-21-18(11-23-16-3-4-19-13(8-16)2-1-6-22-19)17-9-15(10-24-20(17)25-21)14-5-7-27-12-14/h1-12,23H,(H,24,25,26). The molecule has 0 radical (unpaired) electrons. The predicted octanol–water partition coefficient (Wildman–Crippen LogP) is 4.76. The van der Waals surface area contributed by atoms with Gasteiger partial charge >= 0.3 is 0 Å². The number of fused-ring (bicyclic) bond motifs is 2. The Morgan fingerprint density at radius 3 is 2.93 bits per heavy atom. The molecule has 4 heterocycles. The average Bonchev–Trinajstić information content (AvgIpc) is 3.33. The monoisotopic (exact) mass is 370 g/mol. The van der Waals surface area contributed by atoms with Crippen molar-refractivity contribution in [1.82, 2.24) is 9.97 Å². The Kier molecular flexibility index (Phi) is 3.69. The summed E-state index contributed by atoms with van der Waals surface area (Å²) >= 11 is 1.64. The van der Waals surface area contributed by atoms with Gasteiger partial charge in [-0.15, -0.1) is 0 Å². The summed E-state index contributed by atoms with van der Waals surface area (Å²) in [6.07, 6.45) is 5.29. The van der Waals surface area contributed by atoms with Crippen LogP contribution in [0.25, 0.3) is 27.6 Å². The topological polar surface area (TPSA) is 66.9 Å². The number of rotatable bonds is 3. The first-order valence-electron chi connectivity index (χ1n) is 8.44. The molecule has 1 aromatic carbocycles. The van der Waals surface area contributed by atoms with Gasteiger partial charge in [0.15, 0.2) is 0 Å². The van der Waals surface area contributed by atoms with Crippen LogP contribution in [0.5, 0.6) is 0 Å². The molecule has 5 rings (SSSR count). The molecule has 6 heteroatoms. The smallest absolute Gasteiger partial charge is 0.259 e. The highest BCUT2D eigenvalue weighted by Crippen LogP contribution is 2.34. The number of anilines is 2. The van der Waals surface area contributed by atoms with Gasteiger partial charge in [-0.2, -0.15) is 11.3 Å². The summed E-state index contributed by atoms with van der Waals surface area (Å²) in [6.45, 7) is 0. The van der Waals surface area contributed by atoms with Crippen molar-refractivity contribution in [3.8, 4) is 11.1 Å². The molecular formula is C21H14N4OS. The fourth-order valence-electron chi connectivity index (χ4n) is 3.12. The van der Waals surface area contributed by atoms with E-state index in [1.807, 2.05) is 47.8 Å². The molecule has 5 nitrogen and oxygen atoms in total. The fraction of sp³-hybridized carbons (Fsp3) is 0. The number of aromatic nitrogens is 2. The highest BCUT2D eigenvalue weighted by Gasteiger charge is 2.26. The average molecular weight is 370 g/mol. The predicted molar refractivity (Wildman–Crippen MR) is 110 cm³/mol. The van der Waals surface area contributed by atoms with Gasteiger partial charge in [0.25, 0.3) is 5.91 Å².